The van der Waals surface area contributed by atoms with E-state index in [4.69, 9.17) is 5.11 Å². The molecule has 0 unspecified atom stereocenters. The maximum atomic E-state index is 10.9. The van der Waals surface area contributed by atoms with Gasteiger partial charge in [0.1, 0.15) is 6.61 Å². The minimum atomic E-state index is -0.204. The van der Waals surface area contributed by atoms with Crippen LogP contribution in [0, 0.1) is 5.92 Å². The Balaban J connectivity index is 3.20. The molecular weight excluding hydrogens is 156 g/mol. The van der Waals surface area contributed by atoms with Crippen molar-refractivity contribution < 1.29 is 14.6 Å². The van der Waals surface area contributed by atoms with Gasteiger partial charge in [0.25, 0.3) is 0 Å². The number of hydrogen-bond donors (Lipinski definition) is 1. The van der Waals surface area contributed by atoms with Crippen LogP contribution in [0.1, 0.15) is 33.1 Å². The van der Waals surface area contributed by atoms with Crippen molar-refractivity contribution in [2.45, 2.75) is 33.1 Å². The first-order chi connectivity index (χ1) is 5.66. The van der Waals surface area contributed by atoms with Gasteiger partial charge in [-0.2, -0.15) is 0 Å². The van der Waals surface area contributed by atoms with E-state index in [-0.39, 0.29) is 19.2 Å². The molecule has 3 nitrogen and oxygen atoms in total. The normalized spacial score (nSPS) is 10.3. The van der Waals surface area contributed by atoms with Gasteiger partial charge < -0.3 is 9.84 Å². The molecule has 0 bridgehead atoms. The SMILES string of the molecule is CC(C)CCCC(=O)OCCO. The molecule has 72 valence electrons. The average molecular weight is 174 g/mol. The van der Waals surface area contributed by atoms with E-state index in [9.17, 15) is 4.79 Å². The van der Waals surface area contributed by atoms with Crippen LogP contribution in [0.3, 0.4) is 0 Å². The summed E-state index contributed by atoms with van der Waals surface area (Å²) in [7, 11) is 0. The molecule has 0 aliphatic carbocycles. The molecule has 3 heteroatoms. The number of rotatable bonds is 6. The zero-order valence-corrected chi connectivity index (χ0v) is 7.88. The van der Waals surface area contributed by atoms with E-state index in [1.807, 2.05) is 0 Å². The monoisotopic (exact) mass is 174 g/mol. The van der Waals surface area contributed by atoms with Crippen molar-refractivity contribution in [1.82, 2.24) is 0 Å². The van der Waals surface area contributed by atoms with Crippen molar-refractivity contribution in [3.05, 3.63) is 0 Å². The van der Waals surface area contributed by atoms with Gasteiger partial charge in [-0.1, -0.05) is 20.3 Å². The van der Waals surface area contributed by atoms with E-state index < -0.39 is 0 Å². The fraction of sp³-hybridized carbons (Fsp3) is 0.889. The van der Waals surface area contributed by atoms with Gasteiger partial charge in [-0.15, -0.1) is 0 Å². The first kappa shape index (κ1) is 11.4. The molecule has 0 aliphatic heterocycles. The Morgan fingerprint density at radius 2 is 2.17 bits per heavy atom. The summed E-state index contributed by atoms with van der Waals surface area (Å²) >= 11 is 0. The zero-order valence-electron chi connectivity index (χ0n) is 7.88. The number of aliphatic hydroxyl groups excluding tert-OH is 1. The smallest absolute Gasteiger partial charge is 0.305 e. The molecule has 12 heavy (non-hydrogen) atoms. The standard InChI is InChI=1S/C9H18O3/c1-8(2)4-3-5-9(11)12-7-6-10/h8,10H,3-7H2,1-2H3. The van der Waals surface area contributed by atoms with Crippen LogP contribution in [-0.4, -0.2) is 24.3 Å². The van der Waals surface area contributed by atoms with E-state index in [1.54, 1.807) is 0 Å². The van der Waals surface area contributed by atoms with Crippen LogP contribution in [0.2, 0.25) is 0 Å². The number of esters is 1. The van der Waals surface area contributed by atoms with Crippen LogP contribution in [0.25, 0.3) is 0 Å². The average Bonchev–Trinajstić information content (AvgIpc) is 2.00. The Bertz CT molecular complexity index is 121. The highest BCUT2D eigenvalue weighted by Crippen LogP contribution is 2.06. The van der Waals surface area contributed by atoms with Crippen LogP contribution < -0.4 is 0 Å². The van der Waals surface area contributed by atoms with E-state index in [1.165, 1.54) is 0 Å². The molecule has 0 atom stereocenters. The summed E-state index contributed by atoms with van der Waals surface area (Å²) in [5.41, 5.74) is 0. The molecule has 0 aliphatic rings. The molecule has 0 radical (unpaired) electrons. The number of carbonyl (C=O) groups excluding carboxylic acids is 1. The van der Waals surface area contributed by atoms with Gasteiger partial charge in [0, 0.05) is 6.42 Å². The molecular formula is C9H18O3. The summed E-state index contributed by atoms with van der Waals surface area (Å²) in [6, 6.07) is 0. The van der Waals surface area contributed by atoms with Crippen LogP contribution in [0.4, 0.5) is 0 Å². The van der Waals surface area contributed by atoms with Crippen molar-refractivity contribution >= 4 is 5.97 Å². The summed E-state index contributed by atoms with van der Waals surface area (Å²) in [6.45, 7) is 4.29. The third-order valence-corrected chi connectivity index (χ3v) is 1.52. The van der Waals surface area contributed by atoms with Gasteiger partial charge >= 0.3 is 5.97 Å². The Morgan fingerprint density at radius 1 is 1.50 bits per heavy atom. The van der Waals surface area contributed by atoms with Crippen LogP contribution in [0.5, 0.6) is 0 Å². The summed E-state index contributed by atoms with van der Waals surface area (Å²) in [5.74, 6) is 0.431. The second kappa shape index (κ2) is 7.10. The predicted octanol–water partition coefficient (Wildman–Crippen LogP) is 1.35. The minimum Gasteiger partial charge on any atom is -0.463 e. The Kier molecular flexibility index (Phi) is 6.76. The molecule has 0 saturated carbocycles. The van der Waals surface area contributed by atoms with Gasteiger partial charge in [0.2, 0.25) is 0 Å². The van der Waals surface area contributed by atoms with E-state index in [0.29, 0.717) is 12.3 Å². The van der Waals surface area contributed by atoms with Crippen molar-refractivity contribution in [3.8, 4) is 0 Å². The van der Waals surface area contributed by atoms with Crippen LogP contribution in [-0.2, 0) is 9.53 Å². The largest absolute Gasteiger partial charge is 0.463 e. The third-order valence-electron chi connectivity index (χ3n) is 1.52. The molecule has 1 N–H and O–H groups in total. The molecule has 0 aromatic carbocycles. The molecule has 0 rings (SSSR count). The van der Waals surface area contributed by atoms with Crippen LogP contribution >= 0.6 is 0 Å². The summed E-state index contributed by atoms with van der Waals surface area (Å²) in [4.78, 5) is 10.9. The Hall–Kier alpha value is -0.570. The quantitative estimate of drug-likeness (QED) is 0.618. The summed E-state index contributed by atoms with van der Waals surface area (Å²) < 4.78 is 4.68. The van der Waals surface area contributed by atoms with E-state index >= 15 is 0 Å². The Morgan fingerprint density at radius 3 is 2.67 bits per heavy atom. The molecule has 0 aromatic heterocycles. The fourth-order valence-electron chi connectivity index (χ4n) is 0.886. The van der Waals surface area contributed by atoms with Gasteiger partial charge in [0.15, 0.2) is 0 Å². The van der Waals surface area contributed by atoms with Gasteiger partial charge in [-0.05, 0) is 12.3 Å². The highest BCUT2D eigenvalue weighted by atomic mass is 16.5. The maximum Gasteiger partial charge on any atom is 0.305 e. The summed E-state index contributed by atoms with van der Waals surface area (Å²) in [5, 5.41) is 8.35. The predicted molar refractivity (Wildman–Crippen MR) is 46.7 cm³/mol. The molecule has 0 heterocycles. The second-order valence-electron chi connectivity index (χ2n) is 3.23. The molecule has 0 saturated heterocycles. The lowest BCUT2D eigenvalue weighted by Gasteiger charge is -2.04. The fourth-order valence-corrected chi connectivity index (χ4v) is 0.886. The minimum absolute atomic E-state index is 0.0874. The Labute approximate surface area is 73.7 Å². The van der Waals surface area contributed by atoms with E-state index in [2.05, 4.69) is 18.6 Å². The lowest BCUT2D eigenvalue weighted by atomic mass is 10.1. The lowest BCUT2D eigenvalue weighted by molar-refractivity contribution is -0.144. The number of hydrogen-bond acceptors (Lipinski definition) is 3. The van der Waals surface area contributed by atoms with Crippen molar-refractivity contribution in [2.24, 2.45) is 5.92 Å². The molecule has 0 amide bonds. The number of carbonyl (C=O) groups is 1. The first-order valence-electron chi connectivity index (χ1n) is 4.43. The van der Waals surface area contributed by atoms with Gasteiger partial charge in [-0.3, -0.25) is 4.79 Å². The molecule has 0 spiro atoms. The van der Waals surface area contributed by atoms with E-state index in [0.717, 1.165) is 12.8 Å². The second-order valence-corrected chi connectivity index (χ2v) is 3.23. The zero-order chi connectivity index (χ0) is 9.40. The molecule has 0 aromatic rings. The highest BCUT2D eigenvalue weighted by molar-refractivity contribution is 5.69. The van der Waals surface area contributed by atoms with Crippen molar-refractivity contribution in [1.29, 1.82) is 0 Å². The maximum absolute atomic E-state index is 10.9. The summed E-state index contributed by atoms with van der Waals surface area (Å²) in [6.07, 6.45) is 2.40. The van der Waals surface area contributed by atoms with Gasteiger partial charge in [0.05, 0.1) is 6.61 Å². The van der Waals surface area contributed by atoms with Gasteiger partial charge in [-0.25, -0.2) is 0 Å². The third kappa shape index (κ3) is 7.54. The number of ether oxygens (including phenoxy) is 1. The van der Waals surface area contributed by atoms with Crippen molar-refractivity contribution in [3.63, 3.8) is 0 Å². The number of aliphatic hydroxyl groups is 1. The van der Waals surface area contributed by atoms with Crippen LogP contribution in [0.15, 0.2) is 0 Å². The first-order valence-corrected chi connectivity index (χ1v) is 4.43. The highest BCUT2D eigenvalue weighted by Gasteiger charge is 2.02. The lowest BCUT2D eigenvalue weighted by Crippen LogP contribution is -2.08. The topological polar surface area (TPSA) is 46.5 Å². The molecule has 0 fully saturated rings. The van der Waals surface area contributed by atoms with Crippen molar-refractivity contribution in [2.75, 3.05) is 13.2 Å².